The Labute approximate surface area is 364 Å². The van der Waals surface area contributed by atoms with Crippen LogP contribution in [-0.2, 0) is 33.2 Å². The quantitative estimate of drug-likeness (QED) is 0.0257. The van der Waals surface area contributed by atoms with E-state index in [-0.39, 0.29) is 31.4 Å². The van der Waals surface area contributed by atoms with Crippen LogP contribution in [0.15, 0.2) is 24.3 Å². The first-order valence-electron chi connectivity index (χ1n) is 24.8. The molecular weight excluding hydrogens is 743 g/mol. The van der Waals surface area contributed by atoms with Crippen LogP contribution in [0.3, 0.4) is 0 Å². The van der Waals surface area contributed by atoms with Crippen molar-refractivity contribution in [1.82, 2.24) is 4.90 Å². The molecule has 1 unspecified atom stereocenters. The lowest BCUT2D eigenvalue weighted by atomic mass is 10.1. The number of allylic oxidation sites excluding steroid dienone is 4. The lowest BCUT2D eigenvalue weighted by molar-refractivity contribution is -0.150. The molecule has 0 aromatic heterocycles. The first-order valence-corrected chi connectivity index (χ1v) is 24.8. The predicted molar refractivity (Wildman–Crippen MR) is 246 cm³/mol. The van der Waals surface area contributed by atoms with Crippen LogP contribution in [0, 0.1) is 5.92 Å². The van der Waals surface area contributed by atoms with Gasteiger partial charge in [-0.25, -0.2) is 4.79 Å². The van der Waals surface area contributed by atoms with Gasteiger partial charge in [0.1, 0.15) is 6.61 Å². The summed E-state index contributed by atoms with van der Waals surface area (Å²) in [6.45, 7) is 16.6. The fourth-order valence-corrected chi connectivity index (χ4v) is 6.73. The monoisotopic (exact) mass is 838 g/mol. The maximum atomic E-state index is 12.7. The van der Waals surface area contributed by atoms with E-state index in [0.717, 1.165) is 97.1 Å². The summed E-state index contributed by atoms with van der Waals surface area (Å²) in [6.07, 6.45) is 38.2. The van der Waals surface area contributed by atoms with Crippen molar-refractivity contribution in [2.75, 3.05) is 65.9 Å². The molecular formula is C50H95NO8. The van der Waals surface area contributed by atoms with Gasteiger partial charge in [-0.3, -0.25) is 4.79 Å². The van der Waals surface area contributed by atoms with E-state index in [9.17, 15) is 9.59 Å². The Kier molecular flexibility index (Phi) is 45.6. The molecule has 0 aliphatic carbocycles. The van der Waals surface area contributed by atoms with Crippen LogP contribution in [0.5, 0.6) is 0 Å². The minimum atomic E-state index is -0.695. The summed E-state index contributed by atoms with van der Waals surface area (Å²) >= 11 is 0. The molecule has 0 radical (unpaired) electrons. The highest BCUT2D eigenvalue weighted by Crippen LogP contribution is 2.13. The molecule has 0 N–H and O–H groups in total. The second kappa shape index (κ2) is 47.1. The summed E-state index contributed by atoms with van der Waals surface area (Å²) in [5, 5.41) is 0. The van der Waals surface area contributed by atoms with E-state index < -0.39 is 6.16 Å². The van der Waals surface area contributed by atoms with E-state index in [2.05, 4.69) is 63.8 Å². The van der Waals surface area contributed by atoms with Crippen molar-refractivity contribution in [3.05, 3.63) is 24.3 Å². The van der Waals surface area contributed by atoms with Crippen LogP contribution in [0.1, 0.15) is 208 Å². The van der Waals surface area contributed by atoms with Gasteiger partial charge in [-0.15, -0.1) is 0 Å². The fraction of sp³-hybridized carbons (Fsp3) is 0.880. The summed E-state index contributed by atoms with van der Waals surface area (Å²) < 4.78 is 34.9. The molecule has 59 heavy (non-hydrogen) atoms. The zero-order valence-corrected chi connectivity index (χ0v) is 39.3. The summed E-state index contributed by atoms with van der Waals surface area (Å²) in [5.74, 6) is -0.497. The van der Waals surface area contributed by atoms with Gasteiger partial charge in [0.15, 0.2) is 6.29 Å². The van der Waals surface area contributed by atoms with E-state index in [0.29, 0.717) is 26.2 Å². The van der Waals surface area contributed by atoms with Gasteiger partial charge < -0.3 is 33.3 Å². The smallest absolute Gasteiger partial charge is 0.465 e. The van der Waals surface area contributed by atoms with Crippen LogP contribution >= 0.6 is 0 Å². The lowest BCUT2D eigenvalue weighted by Gasteiger charge is -2.20. The number of carbonyl (C=O) groups is 2. The number of esters is 1. The number of carbonyl (C=O) groups excluding carboxylic acids is 2. The Morgan fingerprint density at radius 2 is 1.02 bits per heavy atom. The molecule has 0 aromatic rings. The molecule has 9 nitrogen and oxygen atoms in total. The predicted octanol–water partition coefficient (Wildman–Crippen LogP) is 13.7. The molecule has 0 bridgehead atoms. The highest BCUT2D eigenvalue weighted by molar-refractivity contribution is 5.69. The Morgan fingerprint density at radius 3 is 1.63 bits per heavy atom. The van der Waals surface area contributed by atoms with E-state index >= 15 is 0 Å². The molecule has 1 atom stereocenters. The van der Waals surface area contributed by atoms with Crippen LogP contribution in [0.4, 0.5) is 4.79 Å². The first kappa shape index (κ1) is 57.1. The van der Waals surface area contributed by atoms with Crippen molar-refractivity contribution >= 4 is 12.1 Å². The molecule has 0 aliphatic heterocycles. The molecule has 0 heterocycles. The largest absolute Gasteiger partial charge is 0.508 e. The van der Waals surface area contributed by atoms with E-state index in [1.165, 1.54) is 103 Å². The zero-order valence-electron chi connectivity index (χ0n) is 39.3. The maximum absolute atomic E-state index is 12.7. The summed E-state index contributed by atoms with van der Waals surface area (Å²) in [4.78, 5) is 27.3. The van der Waals surface area contributed by atoms with Gasteiger partial charge in [-0.05, 0) is 77.3 Å². The average Bonchev–Trinajstić information content (AvgIpc) is 3.24. The third kappa shape index (κ3) is 42.5. The normalized spacial score (nSPS) is 12.4. The molecule has 0 saturated carbocycles. The van der Waals surface area contributed by atoms with Gasteiger partial charge in [0, 0.05) is 39.2 Å². The average molecular weight is 838 g/mol. The summed E-state index contributed by atoms with van der Waals surface area (Å²) in [7, 11) is 0. The number of nitrogens with zero attached hydrogens (tertiary/aromatic N) is 1. The van der Waals surface area contributed by atoms with Gasteiger partial charge in [-0.1, -0.05) is 155 Å². The number of hydrogen-bond acceptors (Lipinski definition) is 9. The zero-order chi connectivity index (χ0) is 43.1. The van der Waals surface area contributed by atoms with Crippen LogP contribution < -0.4 is 0 Å². The Bertz CT molecular complexity index is 922. The van der Waals surface area contributed by atoms with Gasteiger partial charge in [-0.2, -0.15) is 0 Å². The van der Waals surface area contributed by atoms with Crippen molar-refractivity contribution in [1.29, 1.82) is 0 Å². The highest BCUT2D eigenvalue weighted by Gasteiger charge is 2.17. The lowest BCUT2D eigenvalue weighted by Crippen LogP contribution is -2.27. The van der Waals surface area contributed by atoms with Crippen LogP contribution in [0.2, 0.25) is 0 Å². The third-order valence-corrected chi connectivity index (χ3v) is 10.7. The molecule has 0 fully saturated rings. The molecule has 0 spiro atoms. The molecule has 0 saturated heterocycles. The molecule has 9 heteroatoms. The topological polar surface area (TPSA) is 92.8 Å². The number of ether oxygens (including phenoxy) is 6. The second-order valence-corrected chi connectivity index (χ2v) is 16.2. The summed E-state index contributed by atoms with van der Waals surface area (Å²) in [5.41, 5.74) is 0. The molecule has 0 aliphatic rings. The van der Waals surface area contributed by atoms with Crippen LogP contribution in [0.25, 0.3) is 0 Å². The number of rotatable bonds is 46. The van der Waals surface area contributed by atoms with Gasteiger partial charge in [0.2, 0.25) is 0 Å². The number of hydrogen-bond donors (Lipinski definition) is 0. The highest BCUT2D eigenvalue weighted by atomic mass is 16.7. The first-order chi connectivity index (χ1) is 29.0. The second-order valence-electron chi connectivity index (χ2n) is 16.2. The van der Waals surface area contributed by atoms with E-state index in [1.807, 2.05) is 0 Å². The van der Waals surface area contributed by atoms with Gasteiger partial charge in [0.25, 0.3) is 0 Å². The molecule has 348 valence electrons. The van der Waals surface area contributed by atoms with E-state index in [1.54, 1.807) is 0 Å². The maximum Gasteiger partial charge on any atom is 0.508 e. The molecule has 0 amide bonds. The third-order valence-electron chi connectivity index (χ3n) is 10.7. The van der Waals surface area contributed by atoms with Crippen molar-refractivity contribution in [3.63, 3.8) is 0 Å². The van der Waals surface area contributed by atoms with E-state index in [4.69, 9.17) is 28.4 Å². The van der Waals surface area contributed by atoms with Crippen molar-refractivity contribution < 1.29 is 38.0 Å². The minimum absolute atomic E-state index is 0.0667. The van der Waals surface area contributed by atoms with Crippen LogP contribution in [-0.4, -0.2) is 89.2 Å². The van der Waals surface area contributed by atoms with Gasteiger partial charge >= 0.3 is 12.1 Å². The minimum Gasteiger partial charge on any atom is -0.465 e. The fourth-order valence-electron chi connectivity index (χ4n) is 6.73. The van der Waals surface area contributed by atoms with Crippen molar-refractivity contribution in [3.8, 4) is 0 Å². The Balaban J connectivity index is 4.71. The SMILES string of the molecule is CCCCC/C=C\CC=CCCCCCCCC(=O)OCC(COCCCC(OCCCCCCCC)OCCCCCCCC)COC(=O)OCCCN(CC)CC. The molecule has 0 rings (SSSR count). The number of unbranched alkanes of at least 4 members (excludes halogenated alkanes) is 18. The summed E-state index contributed by atoms with van der Waals surface area (Å²) in [6, 6.07) is 0. The Hall–Kier alpha value is -1.94. The van der Waals surface area contributed by atoms with Crippen molar-refractivity contribution in [2.45, 2.75) is 214 Å². The molecule has 0 aromatic carbocycles. The van der Waals surface area contributed by atoms with Gasteiger partial charge in [0.05, 0.1) is 25.7 Å². The Morgan fingerprint density at radius 1 is 0.492 bits per heavy atom. The van der Waals surface area contributed by atoms with Crippen molar-refractivity contribution in [2.24, 2.45) is 5.92 Å². The standard InChI is InChI=1S/C50H95NO8/c1-6-11-14-17-20-21-22-23-24-25-26-27-28-29-32-37-48(52)58-45-47(46-59-50(53)57-43-36-39-51(9-4)10-5)44-54-40-35-38-49(55-41-33-30-18-15-12-7-2)56-42-34-31-19-16-13-8-3/h20-21,23-24,47,49H,6-19,22,25-46H2,1-5H3/b21-20-,24-23?.